The summed E-state index contributed by atoms with van der Waals surface area (Å²) in [7, 11) is 0. The number of rotatable bonds is 56. The predicted octanol–water partition coefficient (Wildman–Crippen LogP) is 6.06. The van der Waals surface area contributed by atoms with Gasteiger partial charge >= 0.3 is 0 Å². The normalized spacial score (nSPS) is 13.3. The number of carbonyl (C=O) groups excluding carboxylic acids is 2. The molecule has 0 fully saturated rings. The number of unbranched alkanes of at least 4 members (excludes halogenated alkanes) is 25. The Hall–Kier alpha value is -1.50. The van der Waals surface area contributed by atoms with Gasteiger partial charge in [0.2, 0.25) is 5.91 Å². The molecule has 0 aromatic heterocycles. The quantitative estimate of drug-likeness (QED) is 0.0310. The summed E-state index contributed by atoms with van der Waals surface area (Å²) in [5.74, 6) is 0.0838. The van der Waals surface area contributed by atoms with E-state index >= 15 is 0 Å². The van der Waals surface area contributed by atoms with Crippen LogP contribution in [0, 0.1) is 5.92 Å². The predicted molar refractivity (Wildman–Crippen MR) is 289 cm³/mol. The van der Waals surface area contributed by atoms with Crippen molar-refractivity contribution in [3.05, 3.63) is 0 Å². The summed E-state index contributed by atoms with van der Waals surface area (Å²) in [5.41, 5.74) is 11.2. The minimum absolute atomic E-state index is 0. The zero-order valence-corrected chi connectivity index (χ0v) is 43.6. The van der Waals surface area contributed by atoms with E-state index in [1.165, 1.54) is 154 Å². The first-order chi connectivity index (χ1) is 33.3. The lowest BCUT2D eigenvalue weighted by atomic mass is 10.00. The molecular formula is C54H116N8O7. The van der Waals surface area contributed by atoms with Crippen LogP contribution < -0.4 is 43.4 Å². The van der Waals surface area contributed by atoms with Gasteiger partial charge in [0.1, 0.15) is 18.3 Å². The molecule has 15 N–H and O–H groups in total. The van der Waals surface area contributed by atoms with Gasteiger partial charge in [-0.25, -0.2) is 0 Å². The van der Waals surface area contributed by atoms with Crippen LogP contribution in [0.5, 0.6) is 0 Å². The van der Waals surface area contributed by atoms with Crippen LogP contribution in [0.4, 0.5) is 0 Å². The molecule has 15 nitrogen and oxygen atoms in total. The van der Waals surface area contributed by atoms with Crippen LogP contribution >= 0.6 is 0 Å². The van der Waals surface area contributed by atoms with Crippen LogP contribution in [-0.2, 0) is 9.59 Å². The summed E-state index contributed by atoms with van der Waals surface area (Å²) >= 11 is 0. The van der Waals surface area contributed by atoms with E-state index in [9.17, 15) is 30.0 Å². The molecule has 0 saturated heterocycles. The standard InChI is InChI=1S/C53H112N8O7.CH4/c54-34-30-40-56-36-26-28-38-58-44-47(45-59-39-29-27-37-57-41-31-35-55)32-22-19-21-24-42-60-49(64)33-23-18-16-14-12-10-8-6-4-2-1-3-5-7-9-11-13-15-17-20-25-43-61-53(68)52(67)51(66)50(65)48(63)46-62;/h47-48,50-52,56-59,62-63,65-67H,1-46,54-55H2,(H,60,64)(H,61,68);1H4/t48-,50-,51+,52-;/m1./s1. The Bertz CT molecular complexity index is 1030. The van der Waals surface area contributed by atoms with Crippen LogP contribution in [-0.4, -0.2) is 147 Å². The van der Waals surface area contributed by atoms with Crippen LogP contribution in [0.15, 0.2) is 0 Å². The minimum atomic E-state index is -1.87. The summed E-state index contributed by atoms with van der Waals surface area (Å²) in [5, 5.41) is 67.6. The van der Waals surface area contributed by atoms with Gasteiger partial charge in [0.05, 0.1) is 6.61 Å². The maximum Gasteiger partial charge on any atom is 0.251 e. The molecule has 0 saturated carbocycles. The highest BCUT2D eigenvalue weighted by molar-refractivity contribution is 5.81. The zero-order chi connectivity index (χ0) is 49.8. The maximum atomic E-state index is 12.4. The zero-order valence-electron chi connectivity index (χ0n) is 43.6. The van der Waals surface area contributed by atoms with Crippen LogP contribution in [0.2, 0.25) is 0 Å². The lowest BCUT2D eigenvalue weighted by molar-refractivity contribution is -0.148. The third kappa shape index (κ3) is 48.5. The first-order valence-corrected chi connectivity index (χ1v) is 28.4. The van der Waals surface area contributed by atoms with Gasteiger partial charge in [-0.2, -0.15) is 0 Å². The Balaban J connectivity index is 0. The van der Waals surface area contributed by atoms with Crippen molar-refractivity contribution in [2.75, 3.05) is 85.1 Å². The molecular weight excluding hydrogens is 873 g/mol. The summed E-state index contributed by atoms with van der Waals surface area (Å²) < 4.78 is 0. The van der Waals surface area contributed by atoms with Crippen molar-refractivity contribution in [2.24, 2.45) is 17.4 Å². The highest BCUT2D eigenvalue weighted by Gasteiger charge is 2.34. The summed E-state index contributed by atoms with van der Waals surface area (Å²) in [4.78, 5) is 24.3. The number of carbonyl (C=O) groups is 2. The van der Waals surface area contributed by atoms with Crippen molar-refractivity contribution < 1.29 is 35.1 Å². The Morgan fingerprint density at radius 2 is 0.725 bits per heavy atom. The monoisotopic (exact) mass is 989 g/mol. The molecule has 0 aromatic carbocycles. The number of aliphatic hydroxyl groups excluding tert-OH is 5. The van der Waals surface area contributed by atoms with E-state index in [-0.39, 0.29) is 13.3 Å². The van der Waals surface area contributed by atoms with Gasteiger partial charge in [-0.3, -0.25) is 9.59 Å². The van der Waals surface area contributed by atoms with Crippen molar-refractivity contribution in [2.45, 2.75) is 244 Å². The van der Waals surface area contributed by atoms with Crippen molar-refractivity contribution in [1.29, 1.82) is 0 Å². The molecule has 0 aliphatic carbocycles. The number of hydrogen-bond acceptors (Lipinski definition) is 13. The van der Waals surface area contributed by atoms with Gasteiger partial charge in [0, 0.05) is 19.5 Å². The first kappa shape index (κ1) is 69.6. The minimum Gasteiger partial charge on any atom is -0.394 e. The van der Waals surface area contributed by atoms with Crippen LogP contribution in [0.25, 0.3) is 0 Å². The smallest absolute Gasteiger partial charge is 0.251 e. The van der Waals surface area contributed by atoms with E-state index in [1.54, 1.807) is 0 Å². The number of nitrogens with one attached hydrogen (secondary N) is 6. The van der Waals surface area contributed by atoms with Crippen LogP contribution in [0.3, 0.4) is 0 Å². The number of hydrogen-bond donors (Lipinski definition) is 13. The second-order valence-corrected chi connectivity index (χ2v) is 19.7. The molecule has 0 aliphatic rings. The highest BCUT2D eigenvalue weighted by atomic mass is 16.4. The van der Waals surface area contributed by atoms with Gasteiger partial charge in [0.15, 0.2) is 6.10 Å². The van der Waals surface area contributed by atoms with E-state index in [1.807, 2.05) is 0 Å². The topological polar surface area (TPSA) is 260 Å². The molecule has 15 heteroatoms. The molecule has 414 valence electrons. The van der Waals surface area contributed by atoms with Gasteiger partial charge in [0.25, 0.3) is 5.91 Å². The van der Waals surface area contributed by atoms with Gasteiger partial charge in [-0.1, -0.05) is 149 Å². The SMILES string of the molecule is C.NCCCNCCCCNCC(CCCCCCNC(=O)CCCCCCCCCCCCCCCCCCCCCCCNC(=O)[C@H](O)[C@@H](O)[C@H](O)[C@H](O)CO)CNCCCCNCCCN. The number of nitrogens with two attached hydrogens (primary N) is 2. The summed E-state index contributed by atoms with van der Waals surface area (Å²) in [6.07, 6.45) is 32.4. The summed E-state index contributed by atoms with van der Waals surface area (Å²) in [6.45, 7) is 10.4. The number of amides is 2. The second kappa shape index (κ2) is 55.8. The largest absolute Gasteiger partial charge is 0.394 e. The van der Waals surface area contributed by atoms with E-state index in [0.717, 1.165) is 123 Å². The Morgan fingerprint density at radius 3 is 1.13 bits per heavy atom. The van der Waals surface area contributed by atoms with Gasteiger partial charge in [-0.15, -0.1) is 0 Å². The van der Waals surface area contributed by atoms with Gasteiger partial charge < -0.3 is 68.9 Å². The van der Waals surface area contributed by atoms with E-state index in [4.69, 9.17) is 16.6 Å². The fourth-order valence-corrected chi connectivity index (χ4v) is 8.58. The number of aliphatic hydroxyl groups is 5. The van der Waals surface area contributed by atoms with Crippen molar-refractivity contribution in [1.82, 2.24) is 31.9 Å². The Labute approximate surface area is 423 Å². The van der Waals surface area contributed by atoms with E-state index in [0.29, 0.717) is 18.9 Å². The molecule has 0 bridgehead atoms. The van der Waals surface area contributed by atoms with Gasteiger partial charge in [-0.05, 0) is 136 Å². The lowest BCUT2D eigenvalue weighted by Crippen LogP contribution is -2.51. The third-order valence-corrected chi connectivity index (χ3v) is 13.2. The lowest BCUT2D eigenvalue weighted by Gasteiger charge is -2.24. The molecule has 0 spiro atoms. The molecule has 0 unspecified atom stereocenters. The van der Waals surface area contributed by atoms with E-state index in [2.05, 4.69) is 31.9 Å². The average Bonchev–Trinajstić information content (AvgIpc) is 3.34. The molecule has 4 atom stereocenters. The van der Waals surface area contributed by atoms with Crippen molar-refractivity contribution >= 4 is 11.8 Å². The Morgan fingerprint density at radius 1 is 0.391 bits per heavy atom. The maximum absolute atomic E-state index is 12.4. The molecule has 0 aliphatic heterocycles. The molecule has 2 amide bonds. The first-order valence-electron chi connectivity index (χ1n) is 28.4. The molecule has 0 radical (unpaired) electrons. The third-order valence-electron chi connectivity index (χ3n) is 13.2. The van der Waals surface area contributed by atoms with E-state index < -0.39 is 36.9 Å². The molecule has 0 aromatic rings. The average molecular weight is 990 g/mol. The van der Waals surface area contributed by atoms with Crippen molar-refractivity contribution in [3.63, 3.8) is 0 Å². The second-order valence-electron chi connectivity index (χ2n) is 19.7. The Kier molecular flexibility index (Phi) is 56.3. The summed E-state index contributed by atoms with van der Waals surface area (Å²) in [6, 6.07) is 0. The molecule has 0 heterocycles. The molecule has 0 rings (SSSR count). The fourth-order valence-electron chi connectivity index (χ4n) is 8.58. The fraction of sp³-hybridized carbons (Fsp3) is 0.963. The van der Waals surface area contributed by atoms with Crippen LogP contribution in [0.1, 0.15) is 219 Å². The van der Waals surface area contributed by atoms with Crippen molar-refractivity contribution in [3.8, 4) is 0 Å². The molecule has 69 heavy (non-hydrogen) atoms. The highest BCUT2D eigenvalue weighted by Crippen LogP contribution is 2.16.